The molecule has 0 unspecified atom stereocenters. The summed E-state index contributed by atoms with van der Waals surface area (Å²) >= 11 is 0. The van der Waals surface area contributed by atoms with Gasteiger partial charge in [-0.25, -0.2) is 0 Å². The van der Waals surface area contributed by atoms with E-state index in [0.717, 1.165) is 6.42 Å². The first-order valence-corrected chi connectivity index (χ1v) is 12.9. The van der Waals surface area contributed by atoms with Crippen molar-refractivity contribution in [1.29, 1.82) is 0 Å². The molecule has 0 saturated heterocycles. The summed E-state index contributed by atoms with van der Waals surface area (Å²) in [6.07, 6.45) is 15.1. The molecule has 2 aliphatic carbocycles. The molecule has 1 fully saturated rings. The summed E-state index contributed by atoms with van der Waals surface area (Å²) in [6, 6.07) is 0. The van der Waals surface area contributed by atoms with Crippen LogP contribution in [0.15, 0.2) is 22.4 Å². The maximum Gasteiger partial charge on any atom is 0.181 e. The van der Waals surface area contributed by atoms with Crippen molar-refractivity contribution in [2.75, 3.05) is 0 Å². The van der Waals surface area contributed by atoms with Gasteiger partial charge in [0.15, 0.2) is 5.78 Å². The Morgan fingerprint density at radius 3 is 2.45 bits per heavy atom. The average molecular weight is 319 g/mol. The number of Topliss-reactive ketones (excluding diaryl/α,β-unsaturated/α-hetero) is 1. The fourth-order valence-electron chi connectivity index (χ4n) is 4.18. The molecule has 0 heterocycles. The van der Waals surface area contributed by atoms with Gasteiger partial charge in [-0.05, 0) is 37.3 Å². The van der Waals surface area contributed by atoms with Gasteiger partial charge in [-0.3, -0.25) is 4.79 Å². The monoisotopic (exact) mass is 318 g/mol. The van der Waals surface area contributed by atoms with Crippen LogP contribution in [-0.2, 0) is 4.79 Å². The Labute approximate surface area is 138 Å². The SMILES string of the molecule is CCCCCCCC/C=C1\C(=O)C([Si](C)(C)C)=C2CCC[C@H]21. The number of hydrogen-bond acceptors (Lipinski definition) is 1. The second kappa shape index (κ2) is 7.76. The zero-order chi connectivity index (χ0) is 16.2. The Kier molecular flexibility index (Phi) is 6.25. The number of fused-ring (bicyclic) bond motifs is 1. The Hall–Kier alpha value is -0.633. The standard InChI is InChI=1S/C20H34OSi/c1-5-6-7-8-9-10-11-13-17-16-14-12-15-18(16)20(19(17)21)22(2,3)4/h13,16H,5-12,14-15H2,1-4H3/b17-13-/t16-/m0/s1. The molecule has 0 bridgehead atoms. The van der Waals surface area contributed by atoms with Crippen molar-refractivity contribution < 1.29 is 4.79 Å². The Balaban J connectivity index is 1.93. The molecule has 124 valence electrons. The fourth-order valence-corrected chi connectivity index (χ4v) is 6.26. The van der Waals surface area contributed by atoms with Crippen molar-refractivity contribution in [3.63, 3.8) is 0 Å². The first-order valence-electron chi connectivity index (χ1n) is 9.45. The molecule has 0 aromatic carbocycles. The highest BCUT2D eigenvalue weighted by molar-refractivity contribution is 6.88. The highest BCUT2D eigenvalue weighted by Crippen LogP contribution is 2.47. The molecule has 0 amide bonds. The zero-order valence-electron chi connectivity index (χ0n) is 15.1. The minimum Gasteiger partial charge on any atom is -0.290 e. The van der Waals surface area contributed by atoms with E-state index in [0.29, 0.717) is 11.7 Å². The van der Waals surface area contributed by atoms with Crippen molar-refractivity contribution in [3.05, 3.63) is 22.4 Å². The van der Waals surface area contributed by atoms with E-state index in [4.69, 9.17) is 0 Å². The predicted octanol–water partition coefficient (Wildman–Crippen LogP) is 6.22. The van der Waals surface area contributed by atoms with Crippen molar-refractivity contribution in [3.8, 4) is 0 Å². The first kappa shape index (κ1) is 17.7. The lowest BCUT2D eigenvalue weighted by Crippen LogP contribution is -2.28. The molecule has 0 radical (unpaired) electrons. The van der Waals surface area contributed by atoms with Crippen LogP contribution in [0.1, 0.15) is 71.1 Å². The van der Waals surface area contributed by atoms with Crippen molar-refractivity contribution in [2.45, 2.75) is 90.8 Å². The minimum atomic E-state index is -1.50. The molecule has 0 aliphatic heterocycles. The molecule has 1 saturated carbocycles. The van der Waals surface area contributed by atoms with Crippen molar-refractivity contribution >= 4 is 13.9 Å². The van der Waals surface area contributed by atoms with Gasteiger partial charge in [-0.15, -0.1) is 0 Å². The summed E-state index contributed by atoms with van der Waals surface area (Å²) in [4.78, 5) is 12.9. The average Bonchev–Trinajstić information content (AvgIpc) is 2.98. The van der Waals surface area contributed by atoms with E-state index in [-0.39, 0.29) is 0 Å². The minimum absolute atomic E-state index is 0.435. The summed E-state index contributed by atoms with van der Waals surface area (Å²) in [6.45, 7) is 9.26. The Morgan fingerprint density at radius 2 is 1.77 bits per heavy atom. The van der Waals surface area contributed by atoms with Crippen LogP contribution in [0.2, 0.25) is 19.6 Å². The number of carbonyl (C=O) groups is 1. The largest absolute Gasteiger partial charge is 0.290 e. The molecule has 2 aliphatic rings. The van der Waals surface area contributed by atoms with Crippen LogP contribution in [0.5, 0.6) is 0 Å². The molecule has 0 aromatic rings. The van der Waals surface area contributed by atoms with Crippen LogP contribution in [0.25, 0.3) is 0 Å². The second-order valence-corrected chi connectivity index (χ2v) is 13.1. The molecule has 2 heteroatoms. The van der Waals surface area contributed by atoms with Crippen LogP contribution in [-0.4, -0.2) is 13.9 Å². The normalized spacial score (nSPS) is 23.7. The topological polar surface area (TPSA) is 17.1 Å². The van der Waals surface area contributed by atoms with E-state index in [1.807, 2.05) is 0 Å². The van der Waals surface area contributed by atoms with Crippen LogP contribution in [0.4, 0.5) is 0 Å². The predicted molar refractivity (Wildman–Crippen MR) is 98.8 cm³/mol. The van der Waals surface area contributed by atoms with Crippen LogP contribution < -0.4 is 0 Å². The maximum atomic E-state index is 12.9. The van der Waals surface area contributed by atoms with Gasteiger partial charge in [0, 0.05) is 11.5 Å². The van der Waals surface area contributed by atoms with Gasteiger partial charge in [-0.1, -0.05) is 70.3 Å². The van der Waals surface area contributed by atoms with Gasteiger partial charge in [0.05, 0.1) is 8.07 Å². The summed E-state index contributed by atoms with van der Waals surface area (Å²) in [5.74, 6) is 0.944. The smallest absolute Gasteiger partial charge is 0.181 e. The van der Waals surface area contributed by atoms with E-state index in [9.17, 15) is 4.79 Å². The van der Waals surface area contributed by atoms with Crippen LogP contribution in [0.3, 0.4) is 0 Å². The molecule has 0 spiro atoms. The molecule has 22 heavy (non-hydrogen) atoms. The van der Waals surface area contributed by atoms with Gasteiger partial charge in [0.2, 0.25) is 0 Å². The number of unbranched alkanes of at least 4 members (excludes halogenated alkanes) is 6. The third kappa shape index (κ3) is 4.01. The molecule has 0 aromatic heterocycles. The van der Waals surface area contributed by atoms with Crippen molar-refractivity contribution in [1.82, 2.24) is 0 Å². The quantitative estimate of drug-likeness (QED) is 0.295. The fraction of sp³-hybridized carbons (Fsp3) is 0.750. The highest BCUT2D eigenvalue weighted by atomic mass is 28.3. The number of hydrogen-bond donors (Lipinski definition) is 0. The van der Waals surface area contributed by atoms with E-state index in [2.05, 4.69) is 32.6 Å². The summed E-state index contributed by atoms with van der Waals surface area (Å²) in [5.41, 5.74) is 2.72. The lowest BCUT2D eigenvalue weighted by atomic mass is 9.97. The third-order valence-corrected chi connectivity index (χ3v) is 7.27. The van der Waals surface area contributed by atoms with E-state index in [1.165, 1.54) is 68.6 Å². The molecule has 1 atom stereocenters. The van der Waals surface area contributed by atoms with Gasteiger partial charge < -0.3 is 0 Å². The molecule has 0 N–H and O–H groups in total. The number of allylic oxidation sites excluding steroid dienone is 4. The van der Waals surface area contributed by atoms with Gasteiger partial charge in [-0.2, -0.15) is 0 Å². The number of rotatable bonds is 8. The van der Waals surface area contributed by atoms with Gasteiger partial charge in [0.1, 0.15) is 0 Å². The molecular weight excluding hydrogens is 284 g/mol. The van der Waals surface area contributed by atoms with Gasteiger partial charge in [0.25, 0.3) is 0 Å². The summed E-state index contributed by atoms with van der Waals surface area (Å²) in [7, 11) is -1.50. The highest BCUT2D eigenvalue weighted by Gasteiger charge is 2.43. The van der Waals surface area contributed by atoms with Gasteiger partial charge >= 0.3 is 0 Å². The van der Waals surface area contributed by atoms with Crippen LogP contribution >= 0.6 is 0 Å². The zero-order valence-corrected chi connectivity index (χ0v) is 16.1. The van der Waals surface area contributed by atoms with E-state index in [1.54, 1.807) is 5.57 Å². The first-order chi connectivity index (χ1) is 10.5. The summed E-state index contributed by atoms with van der Waals surface area (Å²) < 4.78 is 0. The lowest BCUT2D eigenvalue weighted by Gasteiger charge is -2.18. The summed E-state index contributed by atoms with van der Waals surface area (Å²) in [5, 5.41) is 1.28. The lowest BCUT2D eigenvalue weighted by molar-refractivity contribution is -0.111. The number of ketones is 1. The molecular formula is C20H34OSi. The van der Waals surface area contributed by atoms with Crippen molar-refractivity contribution in [2.24, 2.45) is 5.92 Å². The van der Waals surface area contributed by atoms with E-state index >= 15 is 0 Å². The molecule has 2 rings (SSSR count). The number of carbonyl (C=O) groups excluding carboxylic acids is 1. The maximum absolute atomic E-state index is 12.9. The molecule has 1 nitrogen and oxygen atoms in total. The Bertz CT molecular complexity index is 465. The van der Waals surface area contributed by atoms with E-state index < -0.39 is 8.07 Å². The van der Waals surface area contributed by atoms with Crippen LogP contribution in [0, 0.1) is 5.92 Å². The Morgan fingerprint density at radius 1 is 1.09 bits per heavy atom. The second-order valence-electron chi connectivity index (χ2n) is 8.14. The third-order valence-electron chi connectivity index (χ3n) is 5.22.